The fourth-order valence-corrected chi connectivity index (χ4v) is 1.41. The van der Waals surface area contributed by atoms with E-state index in [0.717, 1.165) is 0 Å². The zero-order valence-corrected chi connectivity index (χ0v) is 11.2. The Morgan fingerprint density at radius 1 is 1.47 bits per heavy atom. The number of esters is 1. The van der Waals surface area contributed by atoms with Crippen molar-refractivity contribution in [2.75, 3.05) is 7.11 Å². The lowest BCUT2D eigenvalue weighted by Gasteiger charge is -2.19. The first-order chi connectivity index (χ1) is 7.81. The van der Waals surface area contributed by atoms with Crippen LogP contribution in [0.4, 0.5) is 0 Å². The van der Waals surface area contributed by atoms with E-state index in [9.17, 15) is 4.79 Å². The molecular weight excluding hydrogens is 242 g/mol. The van der Waals surface area contributed by atoms with Gasteiger partial charge in [-0.25, -0.2) is 4.98 Å². The van der Waals surface area contributed by atoms with E-state index in [1.165, 1.54) is 13.3 Å². The number of aromatic nitrogens is 1. The molecular formula is C12H16ClNO3. The Morgan fingerprint density at radius 2 is 2.12 bits per heavy atom. The number of methoxy groups -OCH3 is 1. The van der Waals surface area contributed by atoms with Crippen molar-refractivity contribution >= 4 is 17.6 Å². The van der Waals surface area contributed by atoms with Crippen molar-refractivity contribution in [2.45, 2.75) is 32.8 Å². The largest absolute Gasteiger partial charge is 0.495 e. The van der Waals surface area contributed by atoms with Gasteiger partial charge in [-0.3, -0.25) is 4.79 Å². The summed E-state index contributed by atoms with van der Waals surface area (Å²) in [5.41, 5.74) is 0.0934. The van der Waals surface area contributed by atoms with E-state index in [1.54, 1.807) is 6.07 Å². The number of rotatable bonds is 3. The second-order valence-electron chi connectivity index (χ2n) is 4.59. The fraction of sp³-hybridized carbons (Fsp3) is 0.500. The summed E-state index contributed by atoms with van der Waals surface area (Å²) in [5, 5.41) is 0.289. The molecule has 0 fully saturated rings. The summed E-state index contributed by atoms with van der Waals surface area (Å²) in [5.74, 6) is 0.224. The van der Waals surface area contributed by atoms with Gasteiger partial charge in [-0.15, -0.1) is 0 Å². The van der Waals surface area contributed by atoms with Gasteiger partial charge in [0.1, 0.15) is 16.5 Å². The van der Waals surface area contributed by atoms with E-state index >= 15 is 0 Å². The first kappa shape index (κ1) is 13.8. The van der Waals surface area contributed by atoms with Crippen LogP contribution >= 0.6 is 11.6 Å². The van der Waals surface area contributed by atoms with Crippen molar-refractivity contribution in [3.8, 4) is 5.75 Å². The lowest BCUT2D eigenvalue weighted by molar-refractivity contribution is -0.153. The number of carbonyl (C=O) groups is 1. The second-order valence-corrected chi connectivity index (χ2v) is 4.95. The van der Waals surface area contributed by atoms with Crippen molar-refractivity contribution in [1.82, 2.24) is 4.98 Å². The molecule has 94 valence electrons. The van der Waals surface area contributed by atoms with Gasteiger partial charge in [0.2, 0.25) is 0 Å². The molecule has 0 aliphatic rings. The van der Waals surface area contributed by atoms with Crippen LogP contribution in [0.2, 0.25) is 5.15 Å². The van der Waals surface area contributed by atoms with Crippen LogP contribution < -0.4 is 4.74 Å². The molecule has 0 bridgehead atoms. The molecule has 4 nitrogen and oxygen atoms in total. The number of ether oxygens (including phenoxy) is 2. The number of pyridine rings is 1. The summed E-state index contributed by atoms with van der Waals surface area (Å²) in [6, 6.07) is 1.68. The number of hydrogen-bond acceptors (Lipinski definition) is 4. The van der Waals surface area contributed by atoms with Gasteiger partial charge in [-0.2, -0.15) is 0 Å². The van der Waals surface area contributed by atoms with Crippen molar-refractivity contribution in [2.24, 2.45) is 0 Å². The standard InChI is InChI=1S/C12H16ClNO3/c1-12(2,3)17-10(15)6-8-5-9(16-4)7-14-11(8)13/h5,7H,6H2,1-4H3. The molecule has 0 spiro atoms. The zero-order chi connectivity index (χ0) is 13.1. The Balaban J connectivity index is 2.77. The SMILES string of the molecule is COc1cnc(Cl)c(CC(=O)OC(C)(C)C)c1. The molecule has 0 saturated carbocycles. The van der Waals surface area contributed by atoms with Gasteiger partial charge in [0, 0.05) is 5.56 Å². The third-order valence-electron chi connectivity index (χ3n) is 1.88. The lowest BCUT2D eigenvalue weighted by atomic mass is 10.1. The van der Waals surface area contributed by atoms with Crippen LogP contribution in [0.5, 0.6) is 5.75 Å². The molecule has 1 rings (SSSR count). The van der Waals surface area contributed by atoms with Gasteiger partial charge in [-0.1, -0.05) is 11.6 Å². The minimum absolute atomic E-state index is 0.0836. The van der Waals surface area contributed by atoms with E-state index in [0.29, 0.717) is 11.3 Å². The van der Waals surface area contributed by atoms with E-state index in [1.807, 2.05) is 20.8 Å². The monoisotopic (exact) mass is 257 g/mol. The Labute approximate surface area is 106 Å². The highest BCUT2D eigenvalue weighted by Crippen LogP contribution is 2.20. The van der Waals surface area contributed by atoms with E-state index in [2.05, 4.69) is 4.98 Å². The van der Waals surface area contributed by atoms with Gasteiger partial charge >= 0.3 is 5.97 Å². The summed E-state index contributed by atoms with van der Waals surface area (Å²) in [6.45, 7) is 5.45. The molecule has 0 atom stereocenters. The highest BCUT2D eigenvalue weighted by atomic mass is 35.5. The predicted molar refractivity (Wildman–Crippen MR) is 65.3 cm³/mol. The van der Waals surface area contributed by atoms with Crippen LogP contribution in [-0.2, 0) is 16.0 Å². The summed E-state index contributed by atoms with van der Waals surface area (Å²) < 4.78 is 10.2. The molecule has 0 saturated heterocycles. The highest BCUT2D eigenvalue weighted by molar-refractivity contribution is 6.30. The highest BCUT2D eigenvalue weighted by Gasteiger charge is 2.18. The van der Waals surface area contributed by atoms with E-state index in [-0.39, 0.29) is 17.5 Å². The molecule has 0 N–H and O–H groups in total. The molecule has 1 aromatic rings. The van der Waals surface area contributed by atoms with Gasteiger partial charge in [0.05, 0.1) is 19.7 Å². The Bertz CT molecular complexity index is 413. The van der Waals surface area contributed by atoms with E-state index in [4.69, 9.17) is 21.1 Å². The third kappa shape index (κ3) is 4.61. The Hall–Kier alpha value is -1.29. The molecule has 5 heteroatoms. The minimum atomic E-state index is -0.504. The second kappa shape index (κ2) is 5.36. The average molecular weight is 258 g/mol. The summed E-state index contributed by atoms with van der Waals surface area (Å²) in [4.78, 5) is 15.6. The molecule has 0 aliphatic carbocycles. The maximum absolute atomic E-state index is 11.6. The van der Waals surface area contributed by atoms with Crippen molar-refractivity contribution in [1.29, 1.82) is 0 Å². The van der Waals surface area contributed by atoms with Crippen molar-refractivity contribution < 1.29 is 14.3 Å². The quantitative estimate of drug-likeness (QED) is 0.617. The Morgan fingerprint density at radius 3 is 2.65 bits per heavy atom. The number of hydrogen-bond donors (Lipinski definition) is 0. The lowest BCUT2D eigenvalue weighted by Crippen LogP contribution is -2.25. The van der Waals surface area contributed by atoms with Crippen LogP contribution in [0.25, 0.3) is 0 Å². The molecule has 0 aromatic carbocycles. The zero-order valence-electron chi connectivity index (χ0n) is 10.4. The maximum Gasteiger partial charge on any atom is 0.310 e. The van der Waals surface area contributed by atoms with Crippen LogP contribution in [0, 0.1) is 0 Å². The normalized spacial score (nSPS) is 11.1. The van der Waals surface area contributed by atoms with E-state index < -0.39 is 5.60 Å². The number of nitrogens with zero attached hydrogens (tertiary/aromatic N) is 1. The molecule has 0 radical (unpaired) electrons. The summed E-state index contributed by atoms with van der Waals surface area (Å²) >= 11 is 5.89. The van der Waals surface area contributed by atoms with Crippen LogP contribution in [-0.4, -0.2) is 23.7 Å². The van der Waals surface area contributed by atoms with Gasteiger partial charge in [0.25, 0.3) is 0 Å². The molecule has 1 aromatic heterocycles. The molecule has 0 amide bonds. The Kier molecular flexibility index (Phi) is 4.34. The van der Waals surface area contributed by atoms with Gasteiger partial charge in [0.15, 0.2) is 0 Å². The smallest absolute Gasteiger partial charge is 0.310 e. The average Bonchev–Trinajstić information content (AvgIpc) is 2.18. The van der Waals surface area contributed by atoms with Crippen LogP contribution in [0.3, 0.4) is 0 Å². The van der Waals surface area contributed by atoms with Crippen LogP contribution in [0.15, 0.2) is 12.3 Å². The minimum Gasteiger partial charge on any atom is -0.495 e. The number of halogens is 1. The summed E-state index contributed by atoms with van der Waals surface area (Å²) in [6.07, 6.45) is 1.58. The third-order valence-corrected chi connectivity index (χ3v) is 2.22. The summed E-state index contributed by atoms with van der Waals surface area (Å²) in [7, 11) is 1.53. The van der Waals surface area contributed by atoms with Crippen molar-refractivity contribution in [3.05, 3.63) is 23.0 Å². The van der Waals surface area contributed by atoms with Crippen molar-refractivity contribution in [3.63, 3.8) is 0 Å². The molecule has 17 heavy (non-hydrogen) atoms. The maximum atomic E-state index is 11.6. The number of carbonyl (C=O) groups excluding carboxylic acids is 1. The fourth-order valence-electron chi connectivity index (χ4n) is 1.24. The van der Waals surface area contributed by atoms with Gasteiger partial charge in [-0.05, 0) is 26.8 Å². The predicted octanol–water partition coefficient (Wildman–Crippen LogP) is 2.63. The molecule has 0 unspecified atom stereocenters. The first-order valence-corrected chi connectivity index (χ1v) is 5.60. The first-order valence-electron chi connectivity index (χ1n) is 5.22. The van der Waals surface area contributed by atoms with Crippen LogP contribution in [0.1, 0.15) is 26.3 Å². The molecule has 1 heterocycles. The topological polar surface area (TPSA) is 48.4 Å². The van der Waals surface area contributed by atoms with Gasteiger partial charge < -0.3 is 9.47 Å². The molecule has 0 aliphatic heterocycles.